The maximum Gasteiger partial charge on any atom is 0.422 e. The number of alkyl halides is 3. The normalized spacial score (nSPS) is 17.5. The number of benzene rings is 2. The van der Waals surface area contributed by atoms with Crippen LogP contribution in [0.2, 0.25) is 0 Å². The maximum atomic E-state index is 13.8. The van der Waals surface area contributed by atoms with E-state index in [0.717, 1.165) is 18.6 Å². The van der Waals surface area contributed by atoms with Crippen molar-refractivity contribution in [1.29, 1.82) is 0 Å². The summed E-state index contributed by atoms with van der Waals surface area (Å²) in [4.78, 5) is 19.0. The van der Waals surface area contributed by atoms with Gasteiger partial charge in [0.15, 0.2) is 6.61 Å². The molecule has 1 atom stereocenters. The average molecular weight is 488 g/mol. The van der Waals surface area contributed by atoms with Crippen molar-refractivity contribution in [2.75, 3.05) is 24.7 Å². The Bertz CT molecular complexity index is 1240. The van der Waals surface area contributed by atoms with Gasteiger partial charge in [0.1, 0.15) is 23.4 Å². The number of halogens is 4. The first-order valence-corrected chi connectivity index (χ1v) is 10.9. The molecule has 1 fully saturated rings. The highest BCUT2D eigenvalue weighted by atomic mass is 19.4. The third-order valence-corrected chi connectivity index (χ3v) is 5.78. The van der Waals surface area contributed by atoms with E-state index in [1.54, 1.807) is 30.3 Å². The van der Waals surface area contributed by atoms with Crippen LogP contribution in [0.15, 0.2) is 54.7 Å². The van der Waals surface area contributed by atoms with Crippen molar-refractivity contribution in [2.45, 2.75) is 25.2 Å². The number of hydrogen-bond donors (Lipinski definition) is 0. The topological polar surface area (TPSA) is 60.9 Å². The number of carbonyl (C=O) groups excluding carboxylic acids is 1. The molecule has 1 saturated heterocycles. The fourth-order valence-corrected chi connectivity index (χ4v) is 4.14. The molecule has 3 aromatic rings. The van der Waals surface area contributed by atoms with Crippen molar-refractivity contribution in [2.24, 2.45) is 0 Å². The van der Waals surface area contributed by atoms with Gasteiger partial charge in [-0.05, 0) is 42.5 Å². The van der Waals surface area contributed by atoms with Crippen LogP contribution in [0.3, 0.4) is 0 Å². The van der Waals surface area contributed by atoms with Crippen molar-refractivity contribution >= 4 is 11.6 Å². The predicted molar refractivity (Wildman–Crippen MR) is 118 cm³/mol. The van der Waals surface area contributed by atoms with Crippen molar-refractivity contribution in [3.8, 4) is 22.8 Å². The molecule has 35 heavy (non-hydrogen) atoms. The van der Waals surface area contributed by atoms with Crippen molar-refractivity contribution in [3.63, 3.8) is 0 Å². The van der Waals surface area contributed by atoms with E-state index in [1.807, 2.05) is 0 Å². The molecule has 0 unspecified atom stereocenters. The van der Waals surface area contributed by atoms with Crippen LogP contribution in [0.5, 0.6) is 11.5 Å². The van der Waals surface area contributed by atoms with Gasteiger partial charge >= 0.3 is 6.18 Å². The van der Waals surface area contributed by atoms with E-state index in [2.05, 4.69) is 4.98 Å². The lowest BCUT2D eigenvalue weighted by Gasteiger charge is -2.18. The summed E-state index contributed by atoms with van der Waals surface area (Å²) < 4.78 is 68.0. The Balaban J connectivity index is 1.42. The maximum absolute atomic E-state index is 13.8. The Kier molecular flexibility index (Phi) is 6.06. The van der Waals surface area contributed by atoms with Crippen LogP contribution in [0.1, 0.15) is 22.3 Å². The first kappa shape index (κ1) is 23.1. The Labute approximate surface area is 198 Å². The summed E-state index contributed by atoms with van der Waals surface area (Å²) >= 11 is 0. The molecule has 2 aliphatic heterocycles. The van der Waals surface area contributed by atoms with E-state index in [9.17, 15) is 22.4 Å². The van der Waals surface area contributed by atoms with Gasteiger partial charge in [0.25, 0.3) is 5.91 Å². The molecule has 0 aliphatic carbocycles. The number of pyridine rings is 1. The summed E-state index contributed by atoms with van der Waals surface area (Å²) in [5, 5.41) is 0. The van der Waals surface area contributed by atoms with Crippen LogP contribution in [-0.4, -0.2) is 43.0 Å². The lowest BCUT2D eigenvalue weighted by atomic mass is 10.0. The zero-order valence-electron chi connectivity index (χ0n) is 18.3. The average Bonchev–Trinajstić information content (AvgIpc) is 3.46. The summed E-state index contributed by atoms with van der Waals surface area (Å²) in [7, 11) is 0. The molecule has 0 spiro atoms. The van der Waals surface area contributed by atoms with E-state index in [4.69, 9.17) is 14.2 Å². The Morgan fingerprint density at radius 1 is 1.09 bits per heavy atom. The van der Waals surface area contributed by atoms with Gasteiger partial charge in [-0.25, -0.2) is 4.39 Å². The largest absolute Gasteiger partial charge is 0.488 e. The van der Waals surface area contributed by atoms with Crippen LogP contribution in [-0.2, 0) is 11.3 Å². The minimum absolute atomic E-state index is 0.00312. The van der Waals surface area contributed by atoms with E-state index < -0.39 is 18.6 Å². The molecule has 5 rings (SSSR count). The Morgan fingerprint density at radius 2 is 1.89 bits per heavy atom. The number of nitrogens with zero attached hydrogens (tertiary/aromatic N) is 2. The van der Waals surface area contributed by atoms with E-state index in [1.165, 1.54) is 17.2 Å². The fourth-order valence-electron chi connectivity index (χ4n) is 4.14. The number of hydrogen-bond acceptors (Lipinski definition) is 5. The molecule has 0 N–H and O–H groups in total. The second-order valence-corrected chi connectivity index (χ2v) is 8.22. The number of amides is 1. The number of fused-ring (bicyclic) bond motifs is 1. The molecule has 6 nitrogen and oxygen atoms in total. The monoisotopic (exact) mass is 488 g/mol. The lowest BCUT2D eigenvalue weighted by Crippen LogP contribution is -2.23. The molecule has 0 bridgehead atoms. The van der Waals surface area contributed by atoms with Crippen LogP contribution >= 0.6 is 0 Å². The van der Waals surface area contributed by atoms with Crippen molar-refractivity contribution in [1.82, 2.24) is 4.98 Å². The third kappa shape index (κ3) is 4.93. The Morgan fingerprint density at radius 3 is 2.60 bits per heavy atom. The highest BCUT2D eigenvalue weighted by Gasteiger charge is 2.33. The van der Waals surface area contributed by atoms with E-state index in [-0.39, 0.29) is 35.6 Å². The van der Waals surface area contributed by atoms with Crippen LogP contribution in [0, 0.1) is 5.82 Å². The quantitative estimate of drug-likeness (QED) is 0.449. The van der Waals surface area contributed by atoms with Gasteiger partial charge in [-0.3, -0.25) is 9.78 Å². The second-order valence-electron chi connectivity index (χ2n) is 8.22. The molecule has 182 valence electrons. The smallest absolute Gasteiger partial charge is 0.422 e. The minimum atomic E-state index is -4.59. The molecule has 10 heteroatoms. The second kappa shape index (κ2) is 9.18. The highest BCUT2D eigenvalue weighted by Crippen LogP contribution is 2.38. The summed E-state index contributed by atoms with van der Waals surface area (Å²) in [5.41, 5.74) is 1.94. The van der Waals surface area contributed by atoms with Gasteiger partial charge in [-0.15, -0.1) is 0 Å². The van der Waals surface area contributed by atoms with Crippen LogP contribution in [0.25, 0.3) is 11.3 Å². The lowest BCUT2D eigenvalue weighted by molar-refractivity contribution is -0.153. The fraction of sp³-hybridized carbons (Fsp3) is 0.280. The number of anilines is 1. The van der Waals surface area contributed by atoms with Gasteiger partial charge in [0, 0.05) is 41.1 Å². The molecule has 3 heterocycles. The minimum Gasteiger partial charge on any atom is -0.488 e. The third-order valence-electron chi connectivity index (χ3n) is 5.78. The summed E-state index contributed by atoms with van der Waals surface area (Å²) in [6.45, 7) is -0.235. The molecule has 1 amide bonds. The van der Waals surface area contributed by atoms with Gasteiger partial charge in [-0.2, -0.15) is 13.2 Å². The molecule has 0 radical (unpaired) electrons. The zero-order valence-corrected chi connectivity index (χ0v) is 18.3. The van der Waals surface area contributed by atoms with E-state index >= 15 is 0 Å². The van der Waals surface area contributed by atoms with Gasteiger partial charge in [-0.1, -0.05) is 0 Å². The van der Waals surface area contributed by atoms with Gasteiger partial charge in [0.05, 0.1) is 25.5 Å². The standard InChI is InChI=1S/C25H20F4N2O4/c26-15-1-6-20(22(11-15)34-14-25(27,28)29)23-21-12-31(24(32)19(21)7-9-30-23)16-2-4-17(5-3-16)35-18-8-10-33-13-18/h1-7,9,11,18H,8,10,12-14H2/t18-/m0/s1. The SMILES string of the molecule is O=C1c2ccnc(-c3ccc(F)cc3OCC(F)(F)F)c2CN1c1ccc(O[C@H]2CCOC2)cc1. The highest BCUT2D eigenvalue weighted by molar-refractivity contribution is 6.11. The molecular weight excluding hydrogens is 468 g/mol. The Hall–Kier alpha value is -3.66. The number of carbonyl (C=O) groups is 1. The summed E-state index contributed by atoms with van der Waals surface area (Å²) in [5.74, 6) is -0.663. The van der Waals surface area contributed by atoms with Crippen molar-refractivity contribution in [3.05, 3.63) is 71.7 Å². The molecule has 2 aromatic carbocycles. The molecule has 1 aromatic heterocycles. The van der Waals surface area contributed by atoms with Crippen LogP contribution in [0.4, 0.5) is 23.2 Å². The molecule has 2 aliphatic rings. The zero-order chi connectivity index (χ0) is 24.6. The summed E-state index contributed by atoms with van der Waals surface area (Å²) in [6.07, 6.45) is -2.39. The van der Waals surface area contributed by atoms with Gasteiger partial charge < -0.3 is 19.1 Å². The van der Waals surface area contributed by atoms with Crippen molar-refractivity contribution < 1.29 is 36.6 Å². The van der Waals surface area contributed by atoms with Crippen LogP contribution < -0.4 is 14.4 Å². The molecular formula is C25H20F4N2O4. The van der Waals surface area contributed by atoms with E-state index in [0.29, 0.717) is 35.8 Å². The van der Waals surface area contributed by atoms with Gasteiger partial charge in [0.2, 0.25) is 0 Å². The molecule has 0 saturated carbocycles. The summed E-state index contributed by atoms with van der Waals surface area (Å²) in [6, 6.07) is 11.9. The number of rotatable bonds is 6. The number of ether oxygens (including phenoxy) is 3. The first-order chi connectivity index (χ1) is 16.8. The first-order valence-electron chi connectivity index (χ1n) is 10.9. The number of aromatic nitrogens is 1. The predicted octanol–water partition coefficient (Wildman–Crippen LogP) is 5.16.